The molecule has 0 spiro atoms. The lowest BCUT2D eigenvalue weighted by Crippen LogP contribution is -2.41. The number of hydrogen-bond acceptors (Lipinski definition) is 2. The van der Waals surface area contributed by atoms with Crippen LogP contribution in [-0.2, 0) is 6.54 Å². The largest absolute Gasteiger partial charge is 0.334 e. The molecule has 3 heteroatoms. The number of nitrogens with one attached hydrogen (secondary N) is 1. The van der Waals surface area contributed by atoms with Gasteiger partial charge in [-0.2, -0.15) is 0 Å². The minimum absolute atomic E-state index is 0.414. The summed E-state index contributed by atoms with van der Waals surface area (Å²) in [6.45, 7) is 5.87. The van der Waals surface area contributed by atoms with Crippen LogP contribution in [0.5, 0.6) is 0 Å². The number of aromatic nitrogens is 2. The van der Waals surface area contributed by atoms with Gasteiger partial charge in [-0.05, 0) is 37.6 Å². The first kappa shape index (κ1) is 11.3. The Labute approximate surface area is 104 Å². The summed E-state index contributed by atoms with van der Waals surface area (Å²) in [6.07, 6.45) is 10.9. The van der Waals surface area contributed by atoms with Crippen molar-refractivity contribution in [1.29, 1.82) is 0 Å². The normalized spacial score (nSPS) is 30.2. The van der Waals surface area contributed by atoms with Gasteiger partial charge in [0.15, 0.2) is 0 Å². The molecule has 1 atom stereocenters. The fraction of sp³-hybridized carbons (Fsp3) is 0.786. The Bertz CT molecular complexity index is 373. The molecule has 2 heterocycles. The van der Waals surface area contributed by atoms with E-state index in [9.17, 15) is 0 Å². The van der Waals surface area contributed by atoms with E-state index >= 15 is 0 Å². The maximum absolute atomic E-state index is 4.36. The van der Waals surface area contributed by atoms with Crippen LogP contribution < -0.4 is 5.32 Å². The monoisotopic (exact) mass is 233 g/mol. The fourth-order valence-corrected chi connectivity index (χ4v) is 3.17. The number of hydrogen-bond donors (Lipinski definition) is 1. The second kappa shape index (κ2) is 4.45. The van der Waals surface area contributed by atoms with Gasteiger partial charge in [-0.25, -0.2) is 4.98 Å². The van der Waals surface area contributed by atoms with Crippen molar-refractivity contribution in [3.8, 4) is 0 Å². The fourth-order valence-electron chi connectivity index (χ4n) is 3.17. The molecule has 0 amide bonds. The predicted molar refractivity (Wildman–Crippen MR) is 69.0 cm³/mol. The average Bonchev–Trinajstić information content (AvgIpc) is 2.64. The van der Waals surface area contributed by atoms with Crippen molar-refractivity contribution in [2.45, 2.75) is 51.5 Å². The van der Waals surface area contributed by atoms with Gasteiger partial charge in [0.2, 0.25) is 0 Å². The van der Waals surface area contributed by atoms with Crippen molar-refractivity contribution >= 4 is 0 Å². The first-order valence-corrected chi connectivity index (χ1v) is 6.98. The SMILES string of the molecule is CC1(Cn2cncc2C2CCC2)CCCNC1. The smallest absolute Gasteiger partial charge is 0.0948 e. The highest BCUT2D eigenvalue weighted by atomic mass is 15.1. The van der Waals surface area contributed by atoms with Gasteiger partial charge in [-0.1, -0.05) is 13.3 Å². The third-order valence-electron chi connectivity index (χ3n) is 4.51. The summed E-state index contributed by atoms with van der Waals surface area (Å²) >= 11 is 0. The summed E-state index contributed by atoms with van der Waals surface area (Å²) < 4.78 is 2.41. The lowest BCUT2D eigenvalue weighted by atomic mass is 9.81. The van der Waals surface area contributed by atoms with E-state index in [1.165, 1.54) is 44.3 Å². The number of imidazole rings is 1. The number of rotatable bonds is 3. The average molecular weight is 233 g/mol. The van der Waals surface area contributed by atoms with Crippen LogP contribution in [0.2, 0.25) is 0 Å². The highest BCUT2D eigenvalue weighted by molar-refractivity contribution is 5.10. The summed E-state index contributed by atoms with van der Waals surface area (Å²) in [5, 5.41) is 3.53. The van der Waals surface area contributed by atoms with Crippen molar-refractivity contribution < 1.29 is 0 Å². The Hall–Kier alpha value is -0.830. The third-order valence-corrected chi connectivity index (χ3v) is 4.51. The summed E-state index contributed by atoms with van der Waals surface area (Å²) in [6, 6.07) is 0. The second-order valence-electron chi connectivity index (χ2n) is 6.17. The van der Waals surface area contributed by atoms with E-state index in [4.69, 9.17) is 0 Å². The van der Waals surface area contributed by atoms with Gasteiger partial charge in [0.25, 0.3) is 0 Å². The molecule has 1 saturated heterocycles. The molecule has 2 aliphatic rings. The van der Waals surface area contributed by atoms with Crippen LogP contribution in [0.15, 0.2) is 12.5 Å². The quantitative estimate of drug-likeness (QED) is 0.869. The molecule has 1 N–H and O–H groups in total. The lowest BCUT2D eigenvalue weighted by molar-refractivity contribution is 0.196. The van der Waals surface area contributed by atoms with Crippen LogP contribution in [0, 0.1) is 5.41 Å². The van der Waals surface area contributed by atoms with Crippen LogP contribution in [0.3, 0.4) is 0 Å². The standard InChI is InChI=1S/C14H23N3/c1-14(6-3-7-15-9-14)10-17-11-16-8-13(17)12-4-2-5-12/h8,11-12,15H,2-7,9-10H2,1H3. The summed E-state index contributed by atoms with van der Waals surface area (Å²) in [5.74, 6) is 0.789. The molecule has 17 heavy (non-hydrogen) atoms. The van der Waals surface area contributed by atoms with Crippen LogP contribution >= 0.6 is 0 Å². The Balaban J connectivity index is 1.73. The summed E-state index contributed by atoms with van der Waals surface area (Å²) in [5.41, 5.74) is 1.89. The molecule has 1 aliphatic carbocycles. The molecule has 1 saturated carbocycles. The van der Waals surface area contributed by atoms with E-state index in [1.807, 2.05) is 6.33 Å². The Morgan fingerprint density at radius 3 is 3.00 bits per heavy atom. The van der Waals surface area contributed by atoms with E-state index in [2.05, 4.69) is 28.0 Å². The lowest BCUT2D eigenvalue weighted by Gasteiger charge is -2.36. The molecule has 0 aromatic carbocycles. The van der Waals surface area contributed by atoms with Gasteiger partial charge in [0.1, 0.15) is 0 Å². The van der Waals surface area contributed by atoms with Gasteiger partial charge in [-0.15, -0.1) is 0 Å². The third kappa shape index (κ3) is 2.25. The minimum atomic E-state index is 0.414. The van der Waals surface area contributed by atoms with Crippen LogP contribution in [-0.4, -0.2) is 22.6 Å². The van der Waals surface area contributed by atoms with Crippen LogP contribution in [0.4, 0.5) is 0 Å². The molecule has 94 valence electrons. The Morgan fingerprint density at radius 2 is 2.35 bits per heavy atom. The maximum atomic E-state index is 4.36. The molecule has 0 radical (unpaired) electrons. The molecule has 3 rings (SSSR count). The summed E-state index contributed by atoms with van der Waals surface area (Å²) in [4.78, 5) is 4.36. The number of nitrogens with zero attached hydrogens (tertiary/aromatic N) is 2. The van der Waals surface area contributed by atoms with E-state index in [0.717, 1.165) is 19.0 Å². The number of piperidine rings is 1. The molecular formula is C14H23N3. The molecule has 1 unspecified atom stereocenters. The van der Waals surface area contributed by atoms with Gasteiger partial charge in [0, 0.05) is 30.9 Å². The molecule has 0 bridgehead atoms. The van der Waals surface area contributed by atoms with E-state index < -0.39 is 0 Å². The Kier molecular flexibility index (Phi) is 2.95. The first-order valence-electron chi connectivity index (χ1n) is 6.98. The molecule has 2 fully saturated rings. The van der Waals surface area contributed by atoms with Crippen molar-refractivity contribution in [2.24, 2.45) is 5.41 Å². The molecule has 1 aromatic heterocycles. The predicted octanol–water partition coefficient (Wildman–Crippen LogP) is 2.54. The highest BCUT2D eigenvalue weighted by Crippen LogP contribution is 2.37. The van der Waals surface area contributed by atoms with Gasteiger partial charge >= 0.3 is 0 Å². The van der Waals surface area contributed by atoms with E-state index in [1.54, 1.807) is 0 Å². The second-order valence-corrected chi connectivity index (χ2v) is 6.17. The molecule has 1 aliphatic heterocycles. The minimum Gasteiger partial charge on any atom is -0.334 e. The topological polar surface area (TPSA) is 29.9 Å². The van der Waals surface area contributed by atoms with Gasteiger partial charge in [-0.3, -0.25) is 0 Å². The molecule has 1 aromatic rings. The zero-order valence-electron chi connectivity index (χ0n) is 10.8. The summed E-state index contributed by atoms with van der Waals surface area (Å²) in [7, 11) is 0. The van der Waals surface area contributed by atoms with Crippen molar-refractivity contribution in [3.05, 3.63) is 18.2 Å². The van der Waals surface area contributed by atoms with E-state index in [-0.39, 0.29) is 0 Å². The Morgan fingerprint density at radius 1 is 1.47 bits per heavy atom. The zero-order chi connectivity index (χ0) is 11.7. The molecule has 3 nitrogen and oxygen atoms in total. The van der Waals surface area contributed by atoms with Gasteiger partial charge in [0.05, 0.1) is 6.33 Å². The van der Waals surface area contributed by atoms with Crippen LogP contribution in [0.25, 0.3) is 0 Å². The van der Waals surface area contributed by atoms with Crippen molar-refractivity contribution in [1.82, 2.24) is 14.9 Å². The van der Waals surface area contributed by atoms with Gasteiger partial charge < -0.3 is 9.88 Å². The zero-order valence-corrected chi connectivity index (χ0v) is 10.8. The van der Waals surface area contributed by atoms with Crippen LogP contribution in [0.1, 0.15) is 50.6 Å². The molecular weight excluding hydrogens is 210 g/mol. The maximum Gasteiger partial charge on any atom is 0.0948 e. The van der Waals surface area contributed by atoms with E-state index in [0.29, 0.717) is 5.41 Å². The highest BCUT2D eigenvalue weighted by Gasteiger charge is 2.29. The first-order chi connectivity index (χ1) is 8.27. The van der Waals surface area contributed by atoms with Crippen molar-refractivity contribution in [2.75, 3.05) is 13.1 Å². The van der Waals surface area contributed by atoms with Crippen molar-refractivity contribution in [3.63, 3.8) is 0 Å².